The van der Waals surface area contributed by atoms with Crippen LogP contribution in [-0.4, -0.2) is 6.04 Å². The first-order valence-electron chi connectivity index (χ1n) is 6.67. The van der Waals surface area contributed by atoms with Gasteiger partial charge in [0.05, 0.1) is 0 Å². The van der Waals surface area contributed by atoms with Gasteiger partial charge in [-0.15, -0.1) is 11.3 Å². The molecule has 1 aromatic carbocycles. The molecule has 94 valence electrons. The van der Waals surface area contributed by atoms with Gasteiger partial charge in [-0.05, 0) is 42.7 Å². The van der Waals surface area contributed by atoms with E-state index in [-0.39, 0.29) is 0 Å². The zero-order chi connectivity index (χ0) is 12.4. The molecule has 1 atom stereocenters. The van der Waals surface area contributed by atoms with Crippen molar-refractivity contribution in [1.82, 2.24) is 5.32 Å². The van der Waals surface area contributed by atoms with E-state index in [0.717, 1.165) is 5.92 Å². The highest BCUT2D eigenvalue weighted by atomic mass is 32.1. The molecule has 1 aliphatic rings. The number of rotatable bonds is 4. The summed E-state index contributed by atoms with van der Waals surface area (Å²) in [6.45, 7) is 2.27. The van der Waals surface area contributed by atoms with Gasteiger partial charge in [-0.1, -0.05) is 36.4 Å². The number of hydrogen-bond donors (Lipinski definition) is 1. The molecule has 0 saturated heterocycles. The van der Waals surface area contributed by atoms with Gasteiger partial charge in [0.1, 0.15) is 0 Å². The summed E-state index contributed by atoms with van der Waals surface area (Å²) in [5.41, 5.74) is 1.50. The summed E-state index contributed by atoms with van der Waals surface area (Å²) in [5, 5.41) is 5.88. The summed E-state index contributed by atoms with van der Waals surface area (Å²) in [6, 6.07) is 16.4. The highest BCUT2D eigenvalue weighted by molar-refractivity contribution is 7.10. The van der Waals surface area contributed by atoms with Crippen LogP contribution in [0.3, 0.4) is 0 Å². The summed E-state index contributed by atoms with van der Waals surface area (Å²) >= 11 is 1.84. The minimum Gasteiger partial charge on any atom is -0.307 e. The Labute approximate surface area is 113 Å². The Bertz CT molecular complexity index is 471. The van der Waals surface area contributed by atoms with Crippen molar-refractivity contribution in [3.8, 4) is 0 Å². The molecule has 0 aliphatic heterocycles. The van der Waals surface area contributed by atoms with Crippen LogP contribution in [0.2, 0.25) is 0 Å². The van der Waals surface area contributed by atoms with Gasteiger partial charge in [0.25, 0.3) is 0 Å². The van der Waals surface area contributed by atoms with Gasteiger partial charge in [-0.2, -0.15) is 0 Å². The first-order valence-corrected chi connectivity index (χ1v) is 7.55. The molecule has 0 amide bonds. The van der Waals surface area contributed by atoms with E-state index in [2.05, 4.69) is 60.1 Å². The normalized spacial score (nSPS) is 24.5. The van der Waals surface area contributed by atoms with Gasteiger partial charge >= 0.3 is 0 Å². The van der Waals surface area contributed by atoms with Crippen LogP contribution >= 0.6 is 11.3 Å². The van der Waals surface area contributed by atoms with Crippen molar-refractivity contribution in [2.75, 3.05) is 0 Å². The summed E-state index contributed by atoms with van der Waals surface area (Å²) in [6.07, 6.45) is 2.56. The zero-order valence-electron chi connectivity index (χ0n) is 10.7. The summed E-state index contributed by atoms with van der Waals surface area (Å²) in [4.78, 5) is 1.44. The minimum absolute atomic E-state index is 0.492. The molecule has 1 N–H and O–H groups in total. The standard InChI is InChI=1S/C16H19NS/c1-12(16-8-5-9-18-16)17-15-10-14(11-15)13-6-3-2-4-7-13/h2-9,12,14-15,17H,10-11H2,1H3/t12-,14?,15?/m1/s1. The molecule has 1 saturated carbocycles. The SMILES string of the molecule is C[C@@H](NC1CC(c2ccccc2)C1)c1cccs1. The highest BCUT2D eigenvalue weighted by Gasteiger charge is 2.30. The lowest BCUT2D eigenvalue weighted by atomic mass is 9.75. The van der Waals surface area contributed by atoms with E-state index in [1.165, 1.54) is 23.3 Å². The Hall–Kier alpha value is -1.12. The second kappa shape index (κ2) is 5.25. The van der Waals surface area contributed by atoms with E-state index >= 15 is 0 Å². The van der Waals surface area contributed by atoms with Crippen LogP contribution in [0.1, 0.15) is 42.2 Å². The third-order valence-electron chi connectivity index (χ3n) is 3.86. The molecule has 1 nitrogen and oxygen atoms in total. The zero-order valence-corrected chi connectivity index (χ0v) is 11.5. The maximum atomic E-state index is 3.73. The van der Waals surface area contributed by atoms with Crippen molar-refractivity contribution >= 4 is 11.3 Å². The van der Waals surface area contributed by atoms with E-state index in [9.17, 15) is 0 Å². The fourth-order valence-electron chi connectivity index (χ4n) is 2.72. The third-order valence-corrected chi connectivity index (χ3v) is 4.92. The maximum absolute atomic E-state index is 3.73. The van der Waals surface area contributed by atoms with Crippen LogP contribution in [0.25, 0.3) is 0 Å². The van der Waals surface area contributed by atoms with E-state index in [0.29, 0.717) is 12.1 Å². The van der Waals surface area contributed by atoms with Crippen molar-refractivity contribution in [3.63, 3.8) is 0 Å². The molecule has 1 fully saturated rings. The Morgan fingerprint density at radius 3 is 2.56 bits per heavy atom. The molecule has 2 aromatic rings. The Balaban J connectivity index is 1.51. The smallest absolute Gasteiger partial charge is 0.0388 e. The molecule has 0 radical (unpaired) electrons. The predicted molar refractivity (Wildman–Crippen MR) is 78.1 cm³/mol. The van der Waals surface area contributed by atoms with Crippen LogP contribution in [0, 0.1) is 0 Å². The second-order valence-corrected chi connectivity index (χ2v) is 6.16. The molecule has 0 spiro atoms. The second-order valence-electron chi connectivity index (χ2n) is 5.18. The van der Waals surface area contributed by atoms with Gasteiger partial charge < -0.3 is 5.32 Å². The molecule has 1 aliphatic carbocycles. The van der Waals surface area contributed by atoms with Crippen LogP contribution in [0.5, 0.6) is 0 Å². The lowest BCUT2D eigenvalue weighted by Crippen LogP contribution is -2.41. The average molecular weight is 257 g/mol. The van der Waals surface area contributed by atoms with Crippen LogP contribution in [-0.2, 0) is 0 Å². The quantitative estimate of drug-likeness (QED) is 0.859. The summed E-state index contributed by atoms with van der Waals surface area (Å²) in [7, 11) is 0. The van der Waals surface area contributed by atoms with Gasteiger partial charge in [0.2, 0.25) is 0 Å². The largest absolute Gasteiger partial charge is 0.307 e. The molecule has 2 heteroatoms. The molecule has 3 rings (SSSR count). The fraction of sp³-hybridized carbons (Fsp3) is 0.375. The van der Waals surface area contributed by atoms with E-state index in [4.69, 9.17) is 0 Å². The molecule has 0 unspecified atom stereocenters. The molecular formula is C16H19NS. The van der Waals surface area contributed by atoms with E-state index in [1.54, 1.807) is 0 Å². The Morgan fingerprint density at radius 1 is 1.11 bits per heavy atom. The Kier molecular flexibility index (Phi) is 3.48. The van der Waals surface area contributed by atoms with Crippen molar-refractivity contribution < 1.29 is 0 Å². The predicted octanol–water partition coefficient (Wildman–Crippen LogP) is 4.34. The number of thiophene rings is 1. The molecule has 1 heterocycles. The van der Waals surface area contributed by atoms with Crippen LogP contribution in [0.15, 0.2) is 47.8 Å². The first-order chi connectivity index (χ1) is 8.83. The van der Waals surface area contributed by atoms with Gasteiger partial charge in [-0.25, -0.2) is 0 Å². The van der Waals surface area contributed by atoms with Crippen LogP contribution < -0.4 is 5.32 Å². The molecule has 1 aromatic heterocycles. The van der Waals surface area contributed by atoms with Crippen molar-refractivity contribution in [3.05, 3.63) is 58.3 Å². The molecular weight excluding hydrogens is 238 g/mol. The third kappa shape index (κ3) is 2.50. The molecule has 0 bridgehead atoms. The topological polar surface area (TPSA) is 12.0 Å². The van der Waals surface area contributed by atoms with Gasteiger partial charge in [-0.3, -0.25) is 0 Å². The number of hydrogen-bond acceptors (Lipinski definition) is 2. The van der Waals surface area contributed by atoms with Gasteiger partial charge in [0, 0.05) is 17.0 Å². The summed E-state index contributed by atoms with van der Waals surface area (Å²) in [5.74, 6) is 0.763. The van der Waals surface area contributed by atoms with Crippen LogP contribution in [0.4, 0.5) is 0 Å². The maximum Gasteiger partial charge on any atom is 0.0388 e. The monoisotopic (exact) mass is 257 g/mol. The number of benzene rings is 1. The van der Waals surface area contributed by atoms with Crippen molar-refractivity contribution in [1.29, 1.82) is 0 Å². The average Bonchev–Trinajstić information content (AvgIpc) is 2.88. The van der Waals surface area contributed by atoms with E-state index in [1.807, 2.05) is 11.3 Å². The number of nitrogens with one attached hydrogen (secondary N) is 1. The van der Waals surface area contributed by atoms with Crippen molar-refractivity contribution in [2.45, 2.75) is 37.8 Å². The Morgan fingerprint density at radius 2 is 1.89 bits per heavy atom. The lowest BCUT2D eigenvalue weighted by molar-refractivity contribution is 0.272. The summed E-state index contributed by atoms with van der Waals surface area (Å²) < 4.78 is 0. The lowest BCUT2D eigenvalue weighted by Gasteiger charge is -2.38. The first kappa shape index (κ1) is 11.9. The van der Waals surface area contributed by atoms with Crippen molar-refractivity contribution in [2.24, 2.45) is 0 Å². The fourth-order valence-corrected chi connectivity index (χ4v) is 3.47. The highest BCUT2D eigenvalue weighted by Crippen LogP contribution is 2.37. The minimum atomic E-state index is 0.492. The van der Waals surface area contributed by atoms with E-state index < -0.39 is 0 Å². The van der Waals surface area contributed by atoms with Gasteiger partial charge in [0.15, 0.2) is 0 Å². The molecule has 18 heavy (non-hydrogen) atoms.